The van der Waals surface area contributed by atoms with Crippen molar-refractivity contribution in [3.63, 3.8) is 0 Å². The predicted molar refractivity (Wildman–Crippen MR) is 109 cm³/mol. The van der Waals surface area contributed by atoms with Gasteiger partial charge < -0.3 is 5.32 Å². The lowest BCUT2D eigenvalue weighted by Crippen LogP contribution is -2.38. The number of likely N-dealkylation sites (tertiary alicyclic amines) is 1. The quantitative estimate of drug-likeness (QED) is 0.636. The van der Waals surface area contributed by atoms with E-state index in [0.29, 0.717) is 5.56 Å². The van der Waals surface area contributed by atoms with E-state index < -0.39 is 15.4 Å². The summed E-state index contributed by atoms with van der Waals surface area (Å²) >= 11 is 0. The molecule has 1 aliphatic rings. The topological polar surface area (TPSA) is 127 Å². The second-order valence-corrected chi connectivity index (χ2v) is 9.00. The van der Waals surface area contributed by atoms with Gasteiger partial charge in [0, 0.05) is 25.9 Å². The van der Waals surface area contributed by atoms with E-state index in [4.69, 9.17) is 5.14 Å². The third kappa shape index (κ3) is 4.58. The van der Waals surface area contributed by atoms with Gasteiger partial charge in [0.05, 0.1) is 10.3 Å². The minimum Gasteiger partial charge on any atom is -0.352 e. The largest absolute Gasteiger partial charge is 0.352 e. The molecule has 0 spiro atoms. The zero-order valence-electron chi connectivity index (χ0n) is 16.5. The first-order valence-corrected chi connectivity index (χ1v) is 10.9. The smallest absolute Gasteiger partial charge is 0.240 e. The van der Waals surface area contributed by atoms with Crippen molar-refractivity contribution < 1.29 is 22.8 Å². The number of hydrogen-bond donors (Lipinski definition) is 2. The lowest BCUT2D eigenvalue weighted by atomic mass is 9.81. The number of carbonyl (C=O) groups is 3. The number of nitrogens with one attached hydrogen (secondary N) is 1. The molecule has 0 aromatic heterocycles. The Balaban J connectivity index is 1.54. The van der Waals surface area contributed by atoms with Crippen LogP contribution < -0.4 is 10.5 Å². The Morgan fingerprint density at radius 2 is 1.73 bits per heavy atom. The van der Waals surface area contributed by atoms with Crippen LogP contribution in [-0.4, -0.2) is 37.6 Å². The summed E-state index contributed by atoms with van der Waals surface area (Å²) in [7, 11) is -3.77. The van der Waals surface area contributed by atoms with E-state index in [1.807, 2.05) is 30.3 Å². The molecule has 3 rings (SSSR count). The molecule has 2 aromatic rings. The Hall–Kier alpha value is -3.04. The van der Waals surface area contributed by atoms with Crippen LogP contribution in [0.3, 0.4) is 0 Å². The van der Waals surface area contributed by atoms with Gasteiger partial charge in [0.1, 0.15) is 0 Å². The van der Waals surface area contributed by atoms with Crippen LogP contribution >= 0.6 is 0 Å². The summed E-state index contributed by atoms with van der Waals surface area (Å²) in [6.45, 7) is 1.94. The Bertz CT molecular complexity index is 1070. The highest BCUT2D eigenvalue weighted by atomic mass is 32.2. The van der Waals surface area contributed by atoms with Crippen LogP contribution in [0.2, 0.25) is 0 Å². The zero-order chi connectivity index (χ0) is 21.9. The van der Waals surface area contributed by atoms with Gasteiger partial charge in [0.2, 0.25) is 27.7 Å². The van der Waals surface area contributed by atoms with Crippen LogP contribution in [0.15, 0.2) is 59.5 Å². The molecule has 1 fully saturated rings. The van der Waals surface area contributed by atoms with E-state index in [0.717, 1.165) is 10.5 Å². The Labute approximate surface area is 175 Å². The molecule has 0 saturated carbocycles. The van der Waals surface area contributed by atoms with E-state index in [1.165, 1.54) is 12.1 Å². The van der Waals surface area contributed by atoms with E-state index in [-0.39, 0.29) is 48.5 Å². The third-order valence-electron chi connectivity index (χ3n) is 5.24. The van der Waals surface area contributed by atoms with Crippen LogP contribution in [-0.2, 0) is 36.4 Å². The highest BCUT2D eigenvalue weighted by molar-refractivity contribution is 7.89. The van der Waals surface area contributed by atoms with Gasteiger partial charge in [0.15, 0.2) is 0 Å². The molecule has 0 unspecified atom stereocenters. The van der Waals surface area contributed by atoms with Crippen molar-refractivity contribution >= 4 is 27.7 Å². The molecule has 0 radical (unpaired) electrons. The molecule has 1 aliphatic heterocycles. The molecule has 3 N–H and O–H groups in total. The van der Waals surface area contributed by atoms with Crippen LogP contribution in [0.4, 0.5) is 0 Å². The Morgan fingerprint density at radius 1 is 1.10 bits per heavy atom. The van der Waals surface area contributed by atoms with E-state index in [1.54, 1.807) is 19.1 Å². The molecule has 1 heterocycles. The number of hydrogen-bond acceptors (Lipinski definition) is 5. The van der Waals surface area contributed by atoms with Gasteiger partial charge in [-0.15, -0.1) is 0 Å². The summed E-state index contributed by atoms with van der Waals surface area (Å²) in [5.74, 6) is -0.915. The molecule has 30 heavy (non-hydrogen) atoms. The first-order chi connectivity index (χ1) is 14.1. The maximum absolute atomic E-state index is 12.9. The van der Waals surface area contributed by atoms with Gasteiger partial charge >= 0.3 is 0 Å². The van der Waals surface area contributed by atoms with E-state index in [2.05, 4.69) is 5.32 Å². The van der Waals surface area contributed by atoms with E-state index in [9.17, 15) is 22.8 Å². The first kappa shape index (κ1) is 21.7. The molecule has 0 aliphatic carbocycles. The monoisotopic (exact) mass is 429 g/mol. The average molecular weight is 429 g/mol. The number of nitrogens with zero attached hydrogens (tertiary/aromatic N) is 1. The number of primary sulfonamides is 1. The maximum Gasteiger partial charge on any atom is 0.240 e. The molecule has 158 valence electrons. The lowest BCUT2D eigenvalue weighted by molar-refractivity contribution is -0.140. The second-order valence-electron chi connectivity index (χ2n) is 7.44. The normalized spacial score (nSPS) is 19.2. The van der Waals surface area contributed by atoms with Crippen molar-refractivity contribution in [2.45, 2.75) is 36.6 Å². The highest BCUT2D eigenvalue weighted by Gasteiger charge is 2.49. The van der Waals surface area contributed by atoms with Gasteiger partial charge in [-0.3, -0.25) is 19.3 Å². The number of rotatable bonds is 7. The lowest BCUT2D eigenvalue weighted by Gasteiger charge is -2.22. The zero-order valence-corrected chi connectivity index (χ0v) is 17.3. The van der Waals surface area contributed by atoms with Crippen LogP contribution in [0.25, 0.3) is 0 Å². The summed E-state index contributed by atoms with van der Waals surface area (Å²) in [5, 5.41) is 7.74. The molecule has 9 heteroatoms. The summed E-state index contributed by atoms with van der Waals surface area (Å²) in [5.41, 5.74) is 0.554. The number of nitrogens with two attached hydrogens (primary N) is 1. The van der Waals surface area contributed by atoms with Crippen LogP contribution in [0.5, 0.6) is 0 Å². The van der Waals surface area contributed by atoms with E-state index >= 15 is 0 Å². The molecule has 0 bridgehead atoms. The predicted octanol–water partition coefficient (Wildman–Crippen LogP) is 1.06. The molecule has 1 atom stereocenters. The molecule has 3 amide bonds. The van der Waals surface area contributed by atoms with Crippen molar-refractivity contribution in [1.29, 1.82) is 0 Å². The summed E-state index contributed by atoms with van der Waals surface area (Å²) < 4.78 is 22.5. The number of amides is 3. The third-order valence-corrected chi connectivity index (χ3v) is 6.17. The fourth-order valence-corrected chi connectivity index (χ4v) is 3.96. The van der Waals surface area contributed by atoms with Crippen LogP contribution in [0, 0.1) is 0 Å². The van der Waals surface area contributed by atoms with Crippen molar-refractivity contribution in [2.24, 2.45) is 5.14 Å². The number of benzene rings is 2. The van der Waals surface area contributed by atoms with Crippen molar-refractivity contribution in [3.8, 4) is 0 Å². The molecule has 1 saturated heterocycles. The number of sulfonamides is 1. The van der Waals surface area contributed by atoms with Gasteiger partial charge in [-0.1, -0.05) is 42.5 Å². The Morgan fingerprint density at radius 3 is 2.33 bits per heavy atom. The molecular weight excluding hydrogens is 406 g/mol. The average Bonchev–Trinajstić information content (AvgIpc) is 2.94. The highest BCUT2D eigenvalue weighted by Crippen LogP contribution is 2.36. The fraction of sp³-hybridized carbons (Fsp3) is 0.286. The SMILES string of the molecule is C[C@@]1(c2ccccc2)CC(=O)N(CCC(=O)NCc2ccc(S(N)(=O)=O)cc2)C1=O. The summed E-state index contributed by atoms with van der Waals surface area (Å²) in [6, 6.07) is 15.0. The minimum absolute atomic E-state index is 0.00917. The molecule has 8 nitrogen and oxygen atoms in total. The molecular formula is C21H23N3O5S. The van der Waals surface area contributed by atoms with Crippen molar-refractivity contribution in [1.82, 2.24) is 10.2 Å². The van der Waals surface area contributed by atoms with Crippen LogP contribution in [0.1, 0.15) is 30.9 Å². The van der Waals surface area contributed by atoms with Gasteiger partial charge in [-0.25, -0.2) is 13.6 Å². The minimum atomic E-state index is -3.77. The van der Waals surface area contributed by atoms with Gasteiger partial charge in [-0.05, 0) is 30.2 Å². The first-order valence-electron chi connectivity index (χ1n) is 9.40. The standard InChI is InChI=1S/C21H23N3O5S/c1-21(16-5-3-2-4-6-16)13-19(26)24(20(21)27)12-11-18(25)23-14-15-7-9-17(10-8-15)30(22,28)29/h2-10H,11-14H2,1H3,(H,23,25)(H2,22,28,29)/t21-/m0/s1. The number of carbonyl (C=O) groups excluding carboxylic acids is 3. The molecule has 2 aromatic carbocycles. The maximum atomic E-state index is 12.9. The summed E-state index contributed by atoms with van der Waals surface area (Å²) in [6.07, 6.45) is 0.0610. The second kappa shape index (κ2) is 8.37. The van der Waals surface area contributed by atoms with Crippen molar-refractivity contribution in [2.75, 3.05) is 6.54 Å². The number of imide groups is 1. The summed E-state index contributed by atoms with van der Waals surface area (Å²) in [4.78, 5) is 38.6. The fourth-order valence-electron chi connectivity index (χ4n) is 3.44. The van der Waals surface area contributed by atoms with Crippen molar-refractivity contribution in [3.05, 3.63) is 65.7 Å². The Kier molecular flexibility index (Phi) is 6.04. The van der Waals surface area contributed by atoms with Gasteiger partial charge in [-0.2, -0.15) is 0 Å². The van der Waals surface area contributed by atoms with Gasteiger partial charge in [0.25, 0.3) is 0 Å².